The Hall–Kier alpha value is -1.14. The molecule has 1 rings (SSSR count). The van der Waals surface area contributed by atoms with Crippen LogP contribution in [-0.2, 0) is 26.9 Å². The van der Waals surface area contributed by atoms with Crippen LogP contribution in [0, 0.1) is 0 Å². The Morgan fingerprint density at radius 1 is 1.16 bits per heavy atom. The van der Waals surface area contributed by atoms with Gasteiger partial charge in [-0.3, -0.25) is 9.48 Å². The molecule has 6 heteroatoms. The van der Waals surface area contributed by atoms with Gasteiger partial charge in [0.15, 0.2) is 8.32 Å². The molecule has 0 aliphatic carbocycles. The maximum Gasteiger partial charge on any atom is 0.328 e. The molecule has 0 saturated heterocycles. The molecule has 0 amide bonds. The standard InChI is InChI=1S/C19H36N2O3Si/c1-18(2,3)24-17(22)15-21-14-16(13-20-21)11-9-10-12-23-25(7,8)19(4,5)6/h13-14H,9-12,15H2,1-8H3. The Balaban J connectivity index is 2.31. The Morgan fingerprint density at radius 2 is 1.80 bits per heavy atom. The maximum absolute atomic E-state index is 11.8. The molecule has 0 saturated carbocycles. The summed E-state index contributed by atoms with van der Waals surface area (Å²) >= 11 is 0. The number of hydrogen-bond acceptors (Lipinski definition) is 4. The highest BCUT2D eigenvalue weighted by Crippen LogP contribution is 2.36. The maximum atomic E-state index is 11.8. The zero-order chi connectivity index (χ0) is 19.3. The van der Waals surface area contributed by atoms with Crippen LogP contribution in [-0.4, -0.2) is 36.3 Å². The molecule has 144 valence electrons. The second-order valence-corrected chi connectivity index (χ2v) is 14.0. The number of carbonyl (C=O) groups excluding carboxylic acids is 1. The van der Waals surface area contributed by atoms with Gasteiger partial charge in [-0.15, -0.1) is 0 Å². The highest BCUT2D eigenvalue weighted by Gasteiger charge is 2.36. The molecule has 0 aromatic carbocycles. The van der Waals surface area contributed by atoms with E-state index in [-0.39, 0.29) is 17.6 Å². The van der Waals surface area contributed by atoms with Gasteiger partial charge in [0.05, 0.1) is 6.20 Å². The lowest BCUT2D eigenvalue weighted by Gasteiger charge is -2.36. The number of esters is 1. The fraction of sp³-hybridized carbons (Fsp3) is 0.789. The van der Waals surface area contributed by atoms with Crippen molar-refractivity contribution in [1.29, 1.82) is 0 Å². The molecule has 0 bridgehead atoms. The number of unbranched alkanes of at least 4 members (excludes halogenated alkanes) is 1. The van der Waals surface area contributed by atoms with Crippen molar-refractivity contribution in [2.75, 3.05) is 6.61 Å². The van der Waals surface area contributed by atoms with E-state index >= 15 is 0 Å². The summed E-state index contributed by atoms with van der Waals surface area (Å²) in [6, 6.07) is 0. The van der Waals surface area contributed by atoms with Crippen molar-refractivity contribution in [3.8, 4) is 0 Å². The molecule has 0 fully saturated rings. The molecular formula is C19H36N2O3Si. The third-order valence-electron chi connectivity index (χ3n) is 4.53. The zero-order valence-electron chi connectivity index (χ0n) is 17.3. The van der Waals surface area contributed by atoms with E-state index in [1.54, 1.807) is 4.68 Å². The van der Waals surface area contributed by atoms with Crippen LogP contribution in [0.5, 0.6) is 0 Å². The summed E-state index contributed by atoms with van der Waals surface area (Å²) in [6.45, 7) is 17.9. The van der Waals surface area contributed by atoms with Crippen LogP contribution in [0.25, 0.3) is 0 Å². The van der Waals surface area contributed by atoms with Gasteiger partial charge < -0.3 is 9.16 Å². The summed E-state index contributed by atoms with van der Waals surface area (Å²) in [4.78, 5) is 11.8. The fourth-order valence-electron chi connectivity index (χ4n) is 2.10. The van der Waals surface area contributed by atoms with Crippen LogP contribution < -0.4 is 0 Å². The van der Waals surface area contributed by atoms with Gasteiger partial charge in [-0.05, 0) is 63.7 Å². The molecule has 0 unspecified atom stereocenters. The van der Waals surface area contributed by atoms with Gasteiger partial charge in [-0.25, -0.2) is 0 Å². The van der Waals surface area contributed by atoms with Crippen LogP contribution in [0.2, 0.25) is 18.1 Å². The Morgan fingerprint density at radius 3 is 2.36 bits per heavy atom. The van der Waals surface area contributed by atoms with E-state index < -0.39 is 13.9 Å². The third-order valence-corrected chi connectivity index (χ3v) is 9.06. The predicted octanol–water partition coefficient (Wildman–Crippen LogP) is 4.57. The molecule has 1 aromatic heterocycles. The van der Waals surface area contributed by atoms with Gasteiger partial charge in [-0.1, -0.05) is 20.8 Å². The molecule has 0 spiro atoms. The van der Waals surface area contributed by atoms with Crippen molar-refractivity contribution in [1.82, 2.24) is 9.78 Å². The molecule has 1 aromatic rings. The lowest BCUT2D eigenvalue weighted by atomic mass is 10.2. The van der Waals surface area contributed by atoms with Crippen molar-refractivity contribution in [2.24, 2.45) is 0 Å². The number of aryl methyl sites for hydroxylation is 1. The molecular weight excluding hydrogens is 332 g/mol. The van der Waals surface area contributed by atoms with Crippen molar-refractivity contribution in [3.63, 3.8) is 0 Å². The largest absolute Gasteiger partial charge is 0.459 e. The van der Waals surface area contributed by atoms with E-state index in [1.807, 2.05) is 33.2 Å². The molecule has 0 N–H and O–H groups in total. The van der Waals surface area contributed by atoms with Crippen LogP contribution in [0.3, 0.4) is 0 Å². The first-order valence-corrected chi connectivity index (χ1v) is 12.1. The second kappa shape index (κ2) is 8.49. The Bertz CT molecular complexity index is 554. The number of nitrogens with zero attached hydrogens (tertiary/aromatic N) is 2. The van der Waals surface area contributed by atoms with E-state index in [9.17, 15) is 4.79 Å². The fourth-order valence-corrected chi connectivity index (χ4v) is 3.19. The van der Waals surface area contributed by atoms with E-state index in [0.717, 1.165) is 31.4 Å². The first kappa shape index (κ1) is 21.9. The first-order valence-electron chi connectivity index (χ1n) is 9.17. The number of hydrogen-bond donors (Lipinski definition) is 0. The molecule has 25 heavy (non-hydrogen) atoms. The third kappa shape index (κ3) is 8.18. The highest BCUT2D eigenvalue weighted by molar-refractivity contribution is 6.74. The predicted molar refractivity (Wildman–Crippen MR) is 104 cm³/mol. The van der Waals surface area contributed by atoms with E-state index in [4.69, 9.17) is 9.16 Å². The smallest absolute Gasteiger partial charge is 0.328 e. The molecule has 0 aliphatic rings. The lowest BCUT2D eigenvalue weighted by molar-refractivity contribution is -0.155. The summed E-state index contributed by atoms with van der Waals surface area (Å²) < 4.78 is 13.2. The monoisotopic (exact) mass is 368 g/mol. The van der Waals surface area contributed by atoms with E-state index in [0.29, 0.717) is 0 Å². The number of carbonyl (C=O) groups is 1. The summed E-state index contributed by atoms with van der Waals surface area (Å²) in [5, 5.41) is 4.51. The zero-order valence-corrected chi connectivity index (χ0v) is 18.3. The molecule has 0 aliphatic heterocycles. The van der Waals surface area contributed by atoms with Crippen LogP contribution in [0.4, 0.5) is 0 Å². The lowest BCUT2D eigenvalue weighted by Crippen LogP contribution is -2.40. The summed E-state index contributed by atoms with van der Waals surface area (Å²) in [5.74, 6) is -0.259. The average Bonchev–Trinajstić information content (AvgIpc) is 2.82. The number of ether oxygens (including phenoxy) is 1. The second-order valence-electron chi connectivity index (χ2n) is 9.20. The number of rotatable bonds is 8. The highest BCUT2D eigenvalue weighted by atomic mass is 28.4. The molecule has 1 heterocycles. The Kier molecular flexibility index (Phi) is 7.44. The number of aromatic nitrogens is 2. The molecule has 0 radical (unpaired) electrons. The normalized spacial score (nSPS) is 13.1. The van der Waals surface area contributed by atoms with Gasteiger partial charge in [0.1, 0.15) is 12.1 Å². The van der Waals surface area contributed by atoms with Gasteiger partial charge in [0.25, 0.3) is 0 Å². The van der Waals surface area contributed by atoms with Crippen LogP contribution in [0.15, 0.2) is 12.4 Å². The van der Waals surface area contributed by atoms with E-state index in [2.05, 4.69) is 39.0 Å². The van der Waals surface area contributed by atoms with Gasteiger partial charge in [0.2, 0.25) is 0 Å². The van der Waals surface area contributed by atoms with Crippen LogP contribution in [0.1, 0.15) is 59.9 Å². The molecule has 5 nitrogen and oxygen atoms in total. The minimum Gasteiger partial charge on any atom is -0.459 e. The minimum absolute atomic E-state index is 0.158. The minimum atomic E-state index is -1.64. The topological polar surface area (TPSA) is 53.4 Å². The summed E-state index contributed by atoms with van der Waals surface area (Å²) in [7, 11) is -1.64. The van der Waals surface area contributed by atoms with Gasteiger partial charge in [0, 0.05) is 12.8 Å². The van der Waals surface area contributed by atoms with E-state index in [1.165, 1.54) is 0 Å². The van der Waals surface area contributed by atoms with Gasteiger partial charge in [-0.2, -0.15) is 5.10 Å². The Labute approximate surface area is 154 Å². The summed E-state index contributed by atoms with van der Waals surface area (Å²) in [6.07, 6.45) is 6.82. The summed E-state index contributed by atoms with van der Waals surface area (Å²) in [5.41, 5.74) is 0.688. The van der Waals surface area contributed by atoms with Crippen molar-refractivity contribution in [3.05, 3.63) is 18.0 Å². The molecule has 0 atom stereocenters. The first-order chi connectivity index (χ1) is 11.3. The van der Waals surface area contributed by atoms with Crippen molar-refractivity contribution in [2.45, 2.75) is 91.1 Å². The average molecular weight is 369 g/mol. The van der Waals surface area contributed by atoms with Crippen LogP contribution >= 0.6 is 0 Å². The quantitative estimate of drug-likeness (QED) is 0.383. The van der Waals surface area contributed by atoms with Crippen molar-refractivity contribution >= 4 is 14.3 Å². The van der Waals surface area contributed by atoms with Crippen molar-refractivity contribution < 1.29 is 14.0 Å². The van der Waals surface area contributed by atoms with Gasteiger partial charge >= 0.3 is 5.97 Å². The SMILES string of the molecule is CC(C)(C)OC(=O)Cn1cc(CCCCO[Si](C)(C)C(C)(C)C)cn1.